The lowest BCUT2D eigenvalue weighted by Gasteiger charge is -2.23. The molecule has 1 atom stereocenters. The Morgan fingerprint density at radius 3 is 2.68 bits per heavy atom. The first-order valence-corrected chi connectivity index (χ1v) is 8.44. The van der Waals surface area contributed by atoms with Crippen molar-refractivity contribution in [3.8, 4) is 0 Å². The minimum atomic E-state index is -3.22. The van der Waals surface area contributed by atoms with Crippen molar-refractivity contribution in [2.45, 2.75) is 38.0 Å². The molecule has 5 heteroatoms. The molecule has 19 heavy (non-hydrogen) atoms. The van der Waals surface area contributed by atoms with Gasteiger partial charge in [-0.25, -0.2) is 13.1 Å². The van der Waals surface area contributed by atoms with E-state index in [0.717, 1.165) is 31.4 Å². The maximum absolute atomic E-state index is 12.2. The summed E-state index contributed by atoms with van der Waals surface area (Å²) in [6, 6.07) is 7.97. The number of nitrogens with one attached hydrogen (secondary N) is 2. The van der Waals surface area contributed by atoms with E-state index in [2.05, 4.69) is 17.0 Å². The minimum Gasteiger partial charge on any atom is -0.315 e. The van der Waals surface area contributed by atoms with Crippen LogP contribution in [0.5, 0.6) is 0 Å². The van der Waals surface area contributed by atoms with Crippen LogP contribution >= 0.6 is 0 Å². The molecule has 1 aliphatic heterocycles. The fraction of sp³-hybridized carbons (Fsp3) is 0.571. The van der Waals surface area contributed by atoms with Gasteiger partial charge in [-0.15, -0.1) is 0 Å². The van der Waals surface area contributed by atoms with Gasteiger partial charge in [-0.3, -0.25) is 0 Å². The van der Waals surface area contributed by atoms with Gasteiger partial charge in [0.05, 0.1) is 5.25 Å². The second kappa shape index (κ2) is 6.50. The monoisotopic (exact) mass is 282 g/mol. The van der Waals surface area contributed by atoms with Gasteiger partial charge in [-0.2, -0.15) is 0 Å². The van der Waals surface area contributed by atoms with E-state index in [-0.39, 0.29) is 5.25 Å². The van der Waals surface area contributed by atoms with Crippen molar-refractivity contribution in [3.05, 3.63) is 35.4 Å². The smallest absolute Gasteiger partial charge is 0.216 e. The van der Waals surface area contributed by atoms with Crippen LogP contribution in [0.1, 0.15) is 30.9 Å². The van der Waals surface area contributed by atoms with Gasteiger partial charge >= 0.3 is 0 Å². The second-order valence-electron chi connectivity index (χ2n) is 4.96. The van der Waals surface area contributed by atoms with E-state index in [1.54, 1.807) is 0 Å². The molecule has 1 aromatic rings. The Balaban J connectivity index is 2.00. The predicted octanol–water partition coefficient (Wildman–Crippen LogP) is 1.42. The van der Waals surface area contributed by atoms with Gasteiger partial charge in [0.1, 0.15) is 0 Å². The number of aryl methyl sites for hydroxylation is 1. The molecule has 0 aromatic heterocycles. The highest BCUT2D eigenvalue weighted by molar-refractivity contribution is 7.90. The summed E-state index contributed by atoms with van der Waals surface area (Å²) in [5, 5.41) is 2.85. The van der Waals surface area contributed by atoms with Crippen molar-refractivity contribution in [1.29, 1.82) is 0 Å². The standard InChI is InChI=1S/C14H22N2O2S/c1-2-12-6-3-4-7-13(12)10-16-19(17,18)14-8-5-9-15-11-14/h3-4,6-7,14-16H,2,5,8-11H2,1H3. The molecule has 1 unspecified atom stereocenters. The van der Waals surface area contributed by atoms with Gasteiger partial charge in [0.25, 0.3) is 0 Å². The topological polar surface area (TPSA) is 58.2 Å². The number of hydrogen-bond donors (Lipinski definition) is 2. The highest BCUT2D eigenvalue weighted by Crippen LogP contribution is 2.13. The van der Waals surface area contributed by atoms with E-state index < -0.39 is 10.0 Å². The van der Waals surface area contributed by atoms with E-state index in [9.17, 15) is 8.42 Å². The van der Waals surface area contributed by atoms with Crippen molar-refractivity contribution in [1.82, 2.24) is 10.0 Å². The van der Waals surface area contributed by atoms with E-state index in [0.29, 0.717) is 13.1 Å². The van der Waals surface area contributed by atoms with Crippen LogP contribution in [-0.4, -0.2) is 26.8 Å². The summed E-state index contributed by atoms with van der Waals surface area (Å²) in [7, 11) is -3.22. The molecule has 106 valence electrons. The molecule has 0 bridgehead atoms. The molecule has 0 amide bonds. The van der Waals surface area contributed by atoms with Crippen LogP contribution in [0.15, 0.2) is 24.3 Å². The van der Waals surface area contributed by atoms with Crippen LogP contribution in [0, 0.1) is 0 Å². The summed E-state index contributed by atoms with van der Waals surface area (Å²) in [6.45, 7) is 3.96. The quantitative estimate of drug-likeness (QED) is 0.859. The summed E-state index contributed by atoms with van der Waals surface area (Å²) >= 11 is 0. The maximum atomic E-state index is 12.2. The van der Waals surface area contributed by atoms with Crippen molar-refractivity contribution in [2.75, 3.05) is 13.1 Å². The molecule has 0 spiro atoms. The van der Waals surface area contributed by atoms with Crippen molar-refractivity contribution >= 4 is 10.0 Å². The van der Waals surface area contributed by atoms with Crippen LogP contribution in [0.3, 0.4) is 0 Å². The molecule has 1 saturated heterocycles. The molecule has 4 nitrogen and oxygen atoms in total. The molecular formula is C14H22N2O2S. The highest BCUT2D eigenvalue weighted by atomic mass is 32.2. The first-order valence-electron chi connectivity index (χ1n) is 6.89. The zero-order chi connectivity index (χ0) is 13.7. The third kappa shape index (κ3) is 3.78. The maximum Gasteiger partial charge on any atom is 0.216 e. The van der Waals surface area contributed by atoms with E-state index in [4.69, 9.17) is 0 Å². The molecule has 0 saturated carbocycles. The highest BCUT2D eigenvalue weighted by Gasteiger charge is 2.26. The summed E-state index contributed by atoms with van der Waals surface area (Å²) in [5.41, 5.74) is 2.27. The van der Waals surface area contributed by atoms with E-state index in [1.807, 2.05) is 24.3 Å². The molecule has 0 radical (unpaired) electrons. The Hall–Kier alpha value is -0.910. The summed E-state index contributed by atoms with van der Waals surface area (Å²) < 4.78 is 27.2. The number of hydrogen-bond acceptors (Lipinski definition) is 3. The lowest BCUT2D eigenvalue weighted by Crippen LogP contribution is -2.44. The third-order valence-electron chi connectivity index (χ3n) is 3.65. The predicted molar refractivity (Wildman–Crippen MR) is 77.5 cm³/mol. The van der Waals surface area contributed by atoms with E-state index in [1.165, 1.54) is 5.56 Å². The van der Waals surface area contributed by atoms with Gasteiger partial charge in [-0.05, 0) is 36.9 Å². The Labute approximate surface area is 115 Å². The van der Waals surface area contributed by atoms with Gasteiger partial charge in [0.2, 0.25) is 10.0 Å². The zero-order valence-electron chi connectivity index (χ0n) is 11.4. The fourth-order valence-corrected chi connectivity index (χ4v) is 3.86. The Morgan fingerprint density at radius 2 is 2.05 bits per heavy atom. The molecule has 1 heterocycles. The Morgan fingerprint density at radius 1 is 1.32 bits per heavy atom. The van der Waals surface area contributed by atoms with Crippen LogP contribution in [0.4, 0.5) is 0 Å². The first-order chi connectivity index (χ1) is 9.13. The SMILES string of the molecule is CCc1ccccc1CNS(=O)(=O)C1CCCNC1. The zero-order valence-corrected chi connectivity index (χ0v) is 12.2. The Bertz CT molecular complexity index is 508. The number of rotatable bonds is 5. The van der Waals surface area contributed by atoms with Gasteiger partial charge < -0.3 is 5.32 Å². The second-order valence-corrected chi connectivity index (χ2v) is 7.00. The third-order valence-corrected chi connectivity index (χ3v) is 5.48. The average Bonchev–Trinajstić information content (AvgIpc) is 2.46. The van der Waals surface area contributed by atoms with Crippen LogP contribution < -0.4 is 10.0 Å². The fourth-order valence-electron chi connectivity index (χ4n) is 2.46. The molecule has 1 fully saturated rings. The number of benzene rings is 1. The van der Waals surface area contributed by atoms with Crippen LogP contribution in [0.25, 0.3) is 0 Å². The van der Waals surface area contributed by atoms with Gasteiger partial charge in [-0.1, -0.05) is 31.2 Å². The normalized spacial score (nSPS) is 20.4. The number of piperidine rings is 1. The van der Waals surface area contributed by atoms with Crippen molar-refractivity contribution < 1.29 is 8.42 Å². The number of sulfonamides is 1. The van der Waals surface area contributed by atoms with Crippen molar-refractivity contribution in [2.24, 2.45) is 0 Å². The minimum absolute atomic E-state index is 0.296. The lowest BCUT2D eigenvalue weighted by molar-refractivity contribution is 0.490. The molecular weight excluding hydrogens is 260 g/mol. The lowest BCUT2D eigenvalue weighted by atomic mass is 10.1. The van der Waals surface area contributed by atoms with Crippen molar-refractivity contribution in [3.63, 3.8) is 0 Å². The summed E-state index contributed by atoms with van der Waals surface area (Å²) in [4.78, 5) is 0. The van der Waals surface area contributed by atoms with Crippen LogP contribution in [0.2, 0.25) is 0 Å². The summed E-state index contributed by atoms with van der Waals surface area (Å²) in [5.74, 6) is 0. The first kappa shape index (κ1) is 14.5. The van der Waals surface area contributed by atoms with Gasteiger partial charge in [0.15, 0.2) is 0 Å². The van der Waals surface area contributed by atoms with E-state index >= 15 is 0 Å². The summed E-state index contributed by atoms with van der Waals surface area (Å²) in [6.07, 6.45) is 2.60. The molecule has 2 N–H and O–H groups in total. The molecule has 1 aliphatic rings. The largest absolute Gasteiger partial charge is 0.315 e. The average molecular weight is 282 g/mol. The van der Waals surface area contributed by atoms with Crippen LogP contribution in [-0.2, 0) is 23.0 Å². The van der Waals surface area contributed by atoms with Gasteiger partial charge in [0, 0.05) is 13.1 Å². The molecule has 0 aliphatic carbocycles. The molecule has 2 rings (SSSR count). The molecule has 1 aromatic carbocycles. The Kier molecular flexibility index (Phi) is 4.96.